The highest BCUT2D eigenvalue weighted by Crippen LogP contribution is 2.20. The summed E-state index contributed by atoms with van der Waals surface area (Å²) in [5.41, 5.74) is 0.191. The van der Waals surface area contributed by atoms with Crippen LogP contribution < -0.4 is 5.32 Å². The molecule has 140 valence electrons. The summed E-state index contributed by atoms with van der Waals surface area (Å²) < 4.78 is 28.5. The number of carbonyl (C=O) groups excluding carboxylic acids is 1. The van der Waals surface area contributed by atoms with Crippen LogP contribution in [0.5, 0.6) is 5.75 Å². The lowest BCUT2D eigenvalue weighted by atomic mass is 10.2. The first-order valence-electron chi connectivity index (χ1n) is 8.02. The molecule has 1 atom stereocenters. The van der Waals surface area contributed by atoms with Gasteiger partial charge in [0.05, 0.1) is 18.1 Å². The fraction of sp³-hybridized carbons (Fsp3) is 0.412. The van der Waals surface area contributed by atoms with Gasteiger partial charge in [0.2, 0.25) is 0 Å². The van der Waals surface area contributed by atoms with Crippen molar-refractivity contribution in [3.8, 4) is 11.8 Å². The highest BCUT2D eigenvalue weighted by molar-refractivity contribution is 7.91. The molecule has 1 amide bonds. The number of methoxy groups -OCH3 is 1. The van der Waals surface area contributed by atoms with E-state index in [9.17, 15) is 23.6 Å². The van der Waals surface area contributed by atoms with Crippen LogP contribution in [0.2, 0.25) is 0 Å². The first-order valence-corrected chi connectivity index (χ1v) is 9.84. The molecule has 1 aromatic carbocycles. The lowest BCUT2D eigenvalue weighted by molar-refractivity contribution is -0.112. The molecule has 1 aliphatic rings. The molecule has 8 nitrogen and oxygen atoms in total. The van der Waals surface area contributed by atoms with E-state index in [1.807, 2.05) is 6.07 Å². The summed E-state index contributed by atoms with van der Waals surface area (Å²) in [4.78, 5) is 14.0. The molecular formula is C17H21N3O5S. The van der Waals surface area contributed by atoms with Crippen LogP contribution >= 0.6 is 0 Å². The van der Waals surface area contributed by atoms with Gasteiger partial charge in [-0.25, -0.2) is 8.42 Å². The molecule has 0 radical (unpaired) electrons. The van der Waals surface area contributed by atoms with Crippen LogP contribution in [0.3, 0.4) is 0 Å². The Hall–Kier alpha value is -2.57. The van der Waals surface area contributed by atoms with Gasteiger partial charge < -0.3 is 20.1 Å². The van der Waals surface area contributed by atoms with Crippen molar-refractivity contribution in [3.05, 3.63) is 36.0 Å². The number of phenols is 1. The Bertz CT molecular complexity index is 829. The monoisotopic (exact) mass is 379 g/mol. The summed E-state index contributed by atoms with van der Waals surface area (Å²) in [6.45, 7) is 0.696. The minimum atomic E-state index is -3.10. The van der Waals surface area contributed by atoms with Crippen LogP contribution in [0.25, 0.3) is 0 Å². The van der Waals surface area contributed by atoms with Crippen LogP contribution in [0.15, 0.2) is 36.0 Å². The van der Waals surface area contributed by atoms with Crippen LogP contribution in [-0.2, 0) is 19.4 Å². The van der Waals surface area contributed by atoms with Crippen molar-refractivity contribution in [2.45, 2.75) is 12.5 Å². The molecule has 26 heavy (non-hydrogen) atoms. The molecule has 1 heterocycles. The first-order chi connectivity index (χ1) is 12.3. The van der Waals surface area contributed by atoms with Gasteiger partial charge in [-0.2, -0.15) is 5.26 Å². The Kier molecular flexibility index (Phi) is 6.60. The molecule has 0 bridgehead atoms. The fourth-order valence-corrected chi connectivity index (χ4v) is 4.41. The number of sulfone groups is 1. The van der Waals surface area contributed by atoms with E-state index in [4.69, 9.17) is 4.74 Å². The summed E-state index contributed by atoms with van der Waals surface area (Å²) in [5.74, 6) is -0.573. The molecule has 9 heteroatoms. The predicted octanol–water partition coefficient (Wildman–Crippen LogP) is 0.874. The third-order valence-corrected chi connectivity index (χ3v) is 5.75. The Morgan fingerprint density at radius 3 is 2.88 bits per heavy atom. The van der Waals surface area contributed by atoms with E-state index in [0.29, 0.717) is 25.3 Å². The van der Waals surface area contributed by atoms with Crippen molar-refractivity contribution < 1.29 is 23.1 Å². The molecule has 2 rings (SSSR count). The summed E-state index contributed by atoms with van der Waals surface area (Å²) >= 11 is 0. The number of ether oxygens (including phenoxy) is 1. The molecule has 0 aliphatic carbocycles. The van der Waals surface area contributed by atoms with Crippen molar-refractivity contribution in [2.24, 2.45) is 0 Å². The van der Waals surface area contributed by atoms with Crippen molar-refractivity contribution in [2.75, 3.05) is 37.1 Å². The number of anilines is 1. The highest BCUT2D eigenvalue weighted by atomic mass is 32.2. The van der Waals surface area contributed by atoms with Gasteiger partial charge in [-0.1, -0.05) is 6.07 Å². The van der Waals surface area contributed by atoms with Gasteiger partial charge in [0.15, 0.2) is 9.84 Å². The number of rotatable bonds is 7. The number of nitriles is 1. The van der Waals surface area contributed by atoms with E-state index in [1.165, 1.54) is 25.4 Å². The molecule has 2 N–H and O–H groups in total. The van der Waals surface area contributed by atoms with Crippen molar-refractivity contribution in [3.63, 3.8) is 0 Å². The predicted molar refractivity (Wildman–Crippen MR) is 96.1 cm³/mol. The largest absolute Gasteiger partial charge is 0.508 e. The molecule has 0 saturated carbocycles. The lowest BCUT2D eigenvalue weighted by Crippen LogP contribution is -2.35. The van der Waals surface area contributed by atoms with Crippen LogP contribution in [0, 0.1) is 11.3 Å². The number of benzene rings is 1. The molecule has 1 aliphatic heterocycles. The number of hydrogen-bond donors (Lipinski definition) is 2. The smallest absolute Gasteiger partial charge is 0.267 e. The van der Waals surface area contributed by atoms with E-state index in [0.717, 1.165) is 0 Å². The summed E-state index contributed by atoms with van der Waals surface area (Å²) in [6.07, 6.45) is 1.82. The minimum Gasteiger partial charge on any atom is -0.508 e. The van der Waals surface area contributed by atoms with Crippen LogP contribution in [-0.4, -0.2) is 62.1 Å². The normalized spacial score (nSPS) is 18.9. The molecule has 1 saturated heterocycles. The Balaban J connectivity index is 2.18. The second-order valence-electron chi connectivity index (χ2n) is 5.95. The summed E-state index contributed by atoms with van der Waals surface area (Å²) in [6, 6.07) is 7.51. The molecule has 1 fully saturated rings. The average Bonchev–Trinajstić information content (AvgIpc) is 2.95. The zero-order valence-corrected chi connectivity index (χ0v) is 15.2. The van der Waals surface area contributed by atoms with Gasteiger partial charge in [-0.3, -0.25) is 4.79 Å². The van der Waals surface area contributed by atoms with Gasteiger partial charge in [0, 0.05) is 37.7 Å². The summed E-state index contributed by atoms with van der Waals surface area (Å²) in [7, 11) is -1.58. The number of nitrogens with zero attached hydrogens (tertiary/aromatic N) is 2. The molecule has 0 spiro atoms. The third kappa shape index (κ3) is 5.47. The molecular weight excluding hydrogens is 358 g/mol. The number of aromatic hydroxyl groups is 1. The molecule has 1 unspecified atom stereocenters. The van der Waals surface area contributed by atoms with Crippen molar-refractivity contribution in [1.29, 1.82) is 5.26 Å². The fourth-order valence-electron chi connectivity index (χ4n) is 2.67. The second kappa shape index (κ2) is 8.69. The number of amides is 1. The van der Waals surface area contributed by atoms with Gasteiger partial charge in [0.1, 0.15) is 17.4 Å². The van der Waals surface area contributed by atoms with Crippen LogP contribution in [0.4, 0.5) is 5.69 Å². The van der Waals surface area contributed by atoms with Gasteiger partial charge in [-0.15, -0.1) is 0 Å². The first kappa shape index (κ1) is 19.8. The number of nitrogens with one attached hydrogen (secondary N) is 1. The highest BCUT2D eigenvalue weighted by Gasteiger charge is 2.31. The van der Waals surface area contributed by atoms with Gasteiger partial charge in [-0.05, 0) is 18.6 Å². The maximum Gasteiger partial charge on any atom is 0.267 e. The van der Waals surface area contributed by atoms with Crippen molar-refractivity contribution >= 4 is 21.4 Å². The lowest BCUT2D eigenvalue weighted by Gasteiger charge is -2.26. The molecule has 1 aromatic rings. The van der Waals surface area contributed by atoms with E-state index < -0.39 is 15.7 Å². The topological polar surface area (TPSA) is 120 Å². The number of hydrogen-bond acceptors (Lipinski definition) is 7. The Labute approximate surface area is 152 Å². The average molecular weight is 379 g/mol. The van der Waals surface area contributed by atoms with E-state index in [1.54, 1.807) is 17.0 Å². The van der Waals surface area contributed by atoms with Crippen LogP contribution in [0.1, 0.15) is 6.42 Å². The Morgan fingerprint density at radius 1 is 1.54 bits per heavy atom. The summed E-state index contributed by atoms with van der Waals surface area (Å²) in [5, 5.41) is 21.3. The zero-order valence-electron chi connectivity index (χ0n) is 14.4. The maximum atomic E-state index is 12.3. The van der Waals surface area contributed by atoms with Crippen molar-refractivity contribution in [1.82, 2.24) is 4.90 Å². The van der Waals surface area contributed by atoms with E-state index in [2.05, 4.69) is 5.32 Å². The number of phenolic OH excluding ortho intramolecular Hbond substituents is 1. The molecule has 0 aromatic heterocycles. The Morgan fingerprint density at radius 2 is 2.31 bits per heavy atom. The zero-order chi connectivity index (χ0) is 19.2. The quantitative estimate of drug-likeness (QED) is 0.533. The third-order valence-electron chi connectivity index (χ3n) is 4.00. The minimum absolute atomic E-state index is 0.0110. The van der Waals surface area contributed by atoms with Gasteiger partial charge in [0.25, 0.3) is 5.91 Å². The number of carbonyl (C=O) groups is 1. The van der Waals surface area contributed by atoms with E-state index in [-0.39, 0.29) is 28.9 Å². The standard InChI is InChI=1S/C17H21N3O5S/c1-25-7-6-20(15-5-8-26(23,24)12-15)11-13(10-18)17(22)19-14-3-2-4-16(21)9-14/h2-4,9,11,15,21H,5-8,12H2,1H3,(H,19,22)/b13-11-. The maximum absolute atomic E-state index is 12.3. The van der Waals surface area contributed by atoms with E-state index >= 15 is 0 Å². The SMILES string of the molecule is COCCN(/C=C(/C#N)C(=O)Nc1cccc(O)c1)C1CCS(=O)(=O)C1. The van der Waals surface area contributed by atoms with Gasteiger partial charge >= 0.3 is 0 Å². The second-order valence-corrected chi connectivity index (χ2v) is 8.18.